The average Bonchev–Trinajstić information content (AvgIpc) is 2.78. The van der Waals surface area contributed by atoms with Crippen LogP contribution in [-0.4, -0.2) is 44.7 Å². The Hall–Kier alpha value is -1.44. The Morgan fingerprint density at radius 2 is 2.35 bits per heavy atom. The van der Waals surface area contributed by atoms with Gasteiger partial charge in [0.25, 0.3) is 5.56 Å². The highest BCUT2D eigenvalue weighted by molar-refractivity contribution is 5.15. The number of rotatable bonds is 1. The van der Waals surface area contributed by atoms with Gasteiger partial charge >= 0.3 is 6.01 Å². The third-order valence-electron chi connectivity index (χ3n) is 3.10. The molecule has 0 aliphatic carbocycles. The maximum atomic E-state index is 11.4. The fraction of sp³-hybridized carbons (Fsp3) is 0.600. The van der Waals surface area contributed by atoms with E-state index >= 15 is 0 Å². The summed E-state index contributed by atoms with van der Waals surface area (Å²) in [5.41, 5.74) is 0.118. The highest BCUT2D eigenvalue weighted by atomic mass is 16.6. The third kappa shape index (κ3) is 1.40. The van der Waals surface area contributed by atoms with Gasteiger partial charge in [0.05, 0.1) is 6.61 Å². The van der Waals surface area contributed by atoms with Gasteiger partial charge in [0.2, 0.25) is 0 Å². The molecule has 2 aliphatic heterocycles. The molecule has 0 saturated carbocycles. The molecular formula is C10H12N2O5. The van der Waals surface area contributed by atoms with Gasteiger partial charge in [-0.3, -0.25) is 9.36 Å². The van der Waals surface area contributed by atoms with Gasteiger partial charge in [-0.25, -0.2) is 0 Å². The molecule has 2 aliphatic rings. The first-order chi connectivity index (χ1) is 8.11. The van der Waals surface area contributed by atoms with E-state index in [0.29, 0.717) is 5.56 Å². The van der Waals surface area contributed by atoms with E-state index in [9.17, 15) is 9.90 Å². The number of aliphatic hydroxyl groups excluding tert-OH is 2. The molecule has 0 aromatic carbocycles. The van der Waals surface area contributed by atoms with Crippen LogP contribution in [0.3, 0.4) is 0 Å². The van der Waals surface area contributed by atoms with E-state index in [2.05, 4.69) is 4.98 Å². The van der Waals surface area contributed by atoms with Crippen molar-refractivity contribution in [2.24, 2.45) is 0 Å². The van der Waals surface area contributed by atoms with Crippen LogP contribution in [0.15, 0.2) is 11.0 Å². The van der Waals surface area contributed by atoms with E-state index in [0.717, 1.165) is 0 Å². The van der Waals surface area contributed by atoms with Crippen molar-refractivity contribution in [3.05, 3.63) is 22.1 Å². The topological polar surface area (TPSA) is 93.8 Å². The van der Waals surface area contributed by atoms with Crippen molar-refractivity contribution in [1.82, 2.24) is 9.55 Å². The van der Waals surface area contributed by atoms with Crippen LogP contribution in [0.5, 0.6) is 6.01 Å². The lowest BCUT2D eigenvalue weighted by atomic mass is 10.1. The second kappa shape index (κ2) is 3.52. The van der Waals surface area contributed by atoms with Crippen molar-refractivity contribution in [3.8, 4) is 6.01 Å². The van der Waals surface area contributed by atoms with E-state index < -0.39 is 24.5 Å². The van der Waals surface area contributed by atoms with Gasteiger partial charge in [-0.05, 0) is 6.92 Å². The summed E-state index contributed by atoms with van der Waals surface area (Å²) in [6.45, 7) is 1.37. The fourth-order valence-electron chi connectivity index (χ4n) is 2.16. The first-order valence-corrected chi connectivity index (χ1v) is 5.32. The van der Waals surface area contributed by atoms with Crippen LogP contribution in [0.2, 0.25) is 0 Å². The Bertz CT molecular complexity index is 514. The van der Waals surface area contributed by atoms with Gasteiger partial charge in [0, 0.05) is 11.8 Å². The standard InChI is InChI=1S/C10H12N2O5/c1-4-2-12-9-7(6(14)5(3-13)16-9)17-10(12)11-8(4)15/h2,5-7,9,13-14H,3H2,1H3/t5-,6+,7-,9-/m1/s1. The van der Waals surface area contributed by atoms with Crippen molar-refractivity contribution in [1.29, 1.82) is 0 Å². The van der Waals surface area contributed by atoms with Crippen molar-refractivity contribution >= 4 is 0 Å². The zero-order valence-electron chi connectivity index (χ0n) is 9.11. The first-order valence-electron chi connectivity index (χ1n) is 5.32. The van der Waals surface area contributed by atoms with Crippen LogP contribution in [-0.2, 0) is 4.74 Å². The molecule has 0 spiro atoms. The molecule has 4 atom stereocenters. The Morgan fingerprint density at radius 1 is 1.59 bits per heavy atom. The molecule has 7 heteroatoms. The second-order valence-corrected chi connectivity index (χ2v) is 4.24. The summed E-state index contributed by atoms with van der Waals surface area (Å²) in [4.78, 5) is 15.1. The lowest BCUT2D eigenvalue weighted by Gasteiger charge is -2.14. The molecule has 2 N–H and O–H groups in total. The first kappa shape index (κ1) is 10.7. The van der Waals surface area contributed by atoms with E-state index in [1.807, 2.05) is 0 Å². The van der Waals surface area contributed by atoms with Crippen molar-refractivity contribution in [3.63, 3.8) is 0 Å². The molecule has 0 unspecified atom stereocenters. The largest absolute Gasteiger partial charge is 0.453 e. The number of aryl methyl sites for hydroxylation is 1. The molecule has 1 fully saturated rings. The normalized spacial score (nSPS) is 34.3. The van der Waals surface area contributed by atoms with Gasteiger partial charge in [-0.1, -0.05) is 0 Å². The quantitative estimate of drug-likeness (QED) is 0.624. The van der Waals surface area contributed by atoms with E-state index in [1.165, 1.54) is 0 Å². The zero-order chi connectivity index (χ0) is 12.2. The van der Waals surface area contributed by atoms with Crippen LogP contribution in [0.1, 0.15) is 11.8 Å². The predicted molar refractivity (Wildman–Crippen MR) is 54.7 cm³/mol. The summed E-state index contributed by atoms with van der Waals surface area (Å²) in [5.74, 6) is 0. The summed E-state index contributed by atoms with van der Waals surface area (Å²) >= 11 is 0. The van der Waals surface area contributed by atoms with Crippen LogP contribution >= 0.6 is 0 Å². The molecule has 1 aromatic heterocycles. The predicted octanol–water partition coefficient (Wildman–Crippen LogP) is -1.44. The van der Waals surface area contributed by atoms with Crippen LogP contribution < -0.4 is 10.3 Å². The molecule has 1 saturated heterocycles. The maximum absolute atomic E-state index is 11.4. The molecule has 0 radical (unpaired) electrons. The Morgan fingerprint density at radius 3 is 3.06 bits per heavy atom. The van der Waals surface area contributed by atoms with Crippen LogP contribution in [0.4, 0.5) is 0 Å². The minimum Gasteiger partial charge on any atom is -0.453 e. The minimum atomic E-state index is -0.929. The summed E-state index contributed by atoms with van der Waals surface area (Å²) in [7, 11) is 0. The minimum absolute atomic E-state index is 0.144. The van der Waals surface area contributed by atoms with Gasteiger partial charge < -0.3 is 19.7 Å². The van der Waals surface area contributed by atoms with E-state index in [4.69, 9.17) is 14.6 Å². The molecule has 1 aromatic rings. The molecule has 0 bridgehead atoms. The Labute approximate surface area is 96.2 Å². The summed E-state index contributed by atoms with van der Waals surface area (Å²) in [6.07, 6.45) is -1.17. The van der Waals surface area contributed by atoms with Crippen molar-refractivity contribution in [2.75, 3.05) is 6.61 Å². The summed E-state index contributed by atoms with van der Waals surface area (Å²) < 4.78 is 12.4. The third-order valence-corrected chi connectivity index (χ3v) is 3.10. The molecule has 3 heterocycles. The number of aliphatic hydroxyl groups is 2. The van der Waals surface area contributed by atoms with Gasteiger partial charge in [-0.15, -0.1) is 0 Å². The van der Waals surface area contributed by atoms with E-state index in [-0.39, 0.29) is 18.2 Å². The second-order valence-electron chi connectivity index (χ2n) is 4.24. The number of hydrogen-bond donors (Lipinski definition) is 2. The van der Waals surface area contributed by atoms with Crippen molar-refractivity contribution < 1.29 is 19.7 Å². The van der Waals surface area contributed by atoms with E-state index in [1.54, 1.807) is 17.7 Å². The lowest BCUT2D eigenvalue weighted by molar-refractivity contribution is -0.0435. The Kier molecular flexibility index (Phi) is 2.22. The number of ether oxygens (including phenoxy) is 2. The SMILES string of the molecule is Cc1cn2c(nc1=O)O[C@@H]1[C@@H](O)[C@@H](CO)O[C@H]12. The number of fused-ring (bicyclic) bond motifs is 3. The molecular weight excluding hydrogens is 228 g/mol. The van der Waals surface area contributed by atoms with Gasteiger partial charge in [0.15, 0.2) is 12.3 Å². The average molecular weight is 240 g/mol. The lowest BCUT2D eigenvalue weighted by Crippen LogP contribution is -2.34. The highest BCUT2D eigenvalue weighted by Gasteiger charge is 2.50. The molecule has 7 nitrogen and oxygen atoms in total. The maximum Gasteiger partial charge on any atom is 0.302 e. The number of nitrogens with zero attached hydrogens (tertiary/aromatic N) is 2. The van der Waals surface area contributed by atoms with Crippen LogP contribution in [0.25, 0.3) is 0 Å². The fourth-order valence-corrected chi connectivity index (χ4v) is 2.16. The smallest absolute Gasteiger partial charge is 0.302 e. The van der Waals surface area contributed by atoms with Crippen molar-refractivity contribution in [2.45, 2.75) is 31.5 Å². The van der Waals surface area contributed by atoms with Gasteiger partial charge in [0.1, 0.15) is 12.2 Å². The molecule has 0 amide bonds. The Balaban J connectivity index is 2.02. The number of hydrogen-bond acceptors (Lipinski definition) is 6. The van der Waals surface area contributed by atoms with Gasteiger partial charge in [-0.2, -0.15) is 4.98 Å². The zero-order valence-corrected chi connectivity index (χ0v) is 9.11. The molecule has 92 valence electrons. The highest BCUT2D eigenvalue weighted by Crippen LogP contribution is 2.38. The monoisotopic (exact) mass is 240 g/mol. The molecule has 3 rings (SSSR count). The number of aromatic nitrogens is 2. The summed E-state index contributed by atoms with van der Waals surface area (Å²) in [5, 5.41) is 18.9. The summed E-state index contributed by atoms with van der Waals surface area (Å²) in [6, 6.07) is 0.144. The van der Waals surface area contributed by atoms with Crippen LogP contribution in [0, 0.1) is 6.92 Å². The molecule has 17 heavy (non-hydrogen) atoms.